The Morgan fingerprint density at radius 2 is 1.52 bits per heavy atom. The zero-order valence-corrected chi connectivity index (χ0v) is 14.5. The SMILES string of the molecule is COc1cc2nc(N3CCN(c4ccccc4)CC3)[nH]c2cc1OC. The molecule has 1 aromatic heterocycles. The molecule has 0 saturated carbocycles. The Hall–Kier alpha value is -2.89. The molecule has 0 unspecified atom stereocenters. The van der Waals surface area contributed by atoms with E-state index >= 15 is 0 Å². The first kappa shape index (κ1) is 15.6. The highest BCUT2D eigenvalue weighted by Crippen LogP contribution is 2.32. The molecule has 0 amide bonds. The lowest BCUT2D eigenvalue weighted by Crippen LogP contribution is -2.46. The van der Waals surface area contributed by atoms with Gasteiger partial charge in [-0.15, -0.1) is 0 Å². The van der Waals surface area contributed by atoms with Crippen LogP contribution in [0.5, 0.6) is 11.5 Å². The van der Waals surface area contributed by atoms with Crippen LogP contribution in [0.4, 0.5) is 11.6 Å². The van der Waals surface area contributed by atoms with Crippen molar-refractivity contribution in [2.24, 2.45) is 0 Å². The van der Waals surface area contributed by atoms with Crippen LogP contribution in [0.2, 0.25) is 0 Å². The summed E-state index contributed by atoms with van der Waals surface area (Å²) in [5.74, 6) is 2.30. The summed E-state index contributed by atoms with van der Waals surface area (Å²) < 4.78 is 10.7. The Bertz CT molecular complexity index is 813. The third-order valence-corrected chi connectivity index (χ3v) is 4.68. The fourth-order valence-electron chi connectivity index (χ4n) is 3.29. The zero-order valence-electron chi connectivity index (χ0n) is 14.5. The van der Waals surface area contributed by atoms with Gasteiger partial charge in [0.25, 0.3) is 0 Å². The van der Waals surface area contributed by atoms with Gasteiger partial charge in [0.15, 0.2) is 11.5 Å². The number of fused-ring (bicyclic) bond motifs is 1. The van der Waals surface area contributed by atoms with Gasteiger partial charge >= 0.3 is 0 Å². The average molecular weight is 338 g/mol. The number of piperazine rings is 1. The second-order valence-electron chi connectivity index (χ2n) is 6.09. The number of hydrogen-bond donors (Lipinski definition) is 1. The highest BCUT2D eigenvalue weighted by Gasteiger charge is 2.20. The number of aromatic amines is 1. The van der Waals surface area contributed by atoms with Crippen LogP contribution in [0, 0.1) is 0 Å². The van der Waals surface area contributed by atoms with Gasteiger partial charge in [0, 0.05) is 44.0 Å². The van der Waals surface area contributed by atoms with Crippen molar-refractivity contribution in [1.82, 2.24) is 9.97 Å². The van der Waals surface area contributed by atoms with Gasteiger partial charge in [-0.3, -0.25) is 0 Å². The molecule has 0 aliphatic carbocycles. The Labute approximate surface area is 147 Å². The first-order chi connectivity index (χ1) is 12.3. The summed E-state index contributed by atoms with van der Waals surface area (Å²) in [6.45, 7) is 3.83. The summed E-state index contributed by atoms with van der Waals surface area (Å²) in [6, 6.07) is 14.4. The topological polar surface area (TPSA) is 53.6 Å². The molecule has 1 saturated heterocycles. The van der Waals surface area contributed by atoms with Crippen LogP contribution >= 0.6 is 0 Å². The van der Waals surface area contributed by atoms with Crippen molar-refractivity contribution in [2.45, 2.75) is 0 Å². The summed E-state index contributed by atoms with van der Waals surface area (Å²) in [6.07, 6.45) is 0. The quantitative estimate of drug-likeness (QED) is 0.793. The van der Waals surface area contributed by atoms with E-state index in [1.807, 2.05) is 12.1 Å². The van der Waals surface area contributed by atoms with Gasteiger partial charge in [-0.1, -0.05) is 18.2 Å². The van der Waals surface area contributed by atoms with Gasteiger partial charge in [0.05, 0.1) is 25.3 Å². The molecule has 6 heteroatoms. The van der Waals surface area contributed by atoms with Gasteiger partial charge in [0.1, 0.15) is 0 Å². The molecule has 2 aromatic carbocycles. The van der Waals surface area contributed by atoms with Crippen molar-refractivity contribution in [1.29, 1.82) is 0 Å². The number of nitrogens with zero attached hydrogens (tertiary/aromatic N) is 3. The van der Waals surface area contributed by atoms with Crippen LogP contribution in [0.15, 0.2) is 42.5 Å². The lowest BCUT2D eigenvalue weighted by Gasteiger charge is -2.35. The molecule has 130 valence electrons. The first-order valence-electron chi connectivity index (χ1n) is 8.45. The summed E-state index contributed by atoms with van der Waals surface area (Å²) in [4.78, 5) is 12.8. The normalized spacial score (nSPS) is 14.8. The molecule has 1 N–H and O–H groups in total. The van der Waals surface area contributed by atoms with E-state index in [0.29, 0.717) is 11.5 Å². The van der Waals surface area contributed by atoms with E-state index in [1.54, 1.807) is 14.2 Å². The van der Waals surface area contributed by atoms with E-state index < -0.39 is 0 Å². The second-order valence-corrected chi connectivity index (χ2v) is 6.09. The fraction of sp³-hybridized carbons (Fsp3) is 0.316. The second kappa shape index (κ2) is 6.55. The molecule has 2 heterocycles. The van der Waals surface area contributed by atoms with Crippen LogP contribution in [0.3, 0.4) is 0 Å². The van der Waals surface area contributed by atoms with E-state index in [9.17, 15) is 0 Å². The van der Waals surface area contributed by atoms with Crippen molar-refractivity contribution in [3.63, 3.8) is 0 Å². The van der Waals surface area contributed by atoms with Crippen molar-refractivity contribution >= 4 is 22.7 Å². The molecule has 1 fully saturated rings. The van der Waals surface area contributed by atoms with E-state index in [0.717, 1.165) is 43.2 Å². The number of hydrogen-bond acceptors (Lipinski definition) is 5. The zero-order chi connectivity index (χ0) is 17.2. The van der Waals surface area contributed by atoms with Crippen molar-refractivity contribution < 1.29 is 9.47 Å². The smallest absolute Gasteiger partial charge is 0.203 e. The van der Waals surface area contributed by atoms with Gasteiger partial charge in [-0.2, -0.15) is 0 Å². The number of anilines is 2. The molecule has 1 aliphatic heterocycles. The summed E-state index contributed by atoms with van der Waals surface area (Å²) >= 11 is 0. The van der Waals surface area contributed by atoms with Crippen molar-refractivity contribution in [3.05, 3.63) is 42.5 Å². The lowest BCUT2D eigenvalue weighted by molar-refractivity contribution is 0.356. The van der Waals surface area contributed by atoms with Gasteiger partial charge in [-0.25, -0.2) is 4.98 Å². The average Bonchev–Trinajstić information content (AvgIpc) is 3.10. The Balaban J connectivity index is 1.53. The largest absolute Gasteiger partial charge is 0.493 e. The first-order valence-corrected chi connectivity index (χ1v) is 8.45. The van der Waals surface area contributed by atoms with E-state index in [-0.39, 0.29) is 0 Å². The predicted octanol–water partition coefficient (Wildman–Crippen LogP) is 2.91. The number of H-pyrrole nitrogens is 1. The Morgan fingerprint density at radius 3 is 2.20 bits per heavy atom. The van der Waals surface area contributed by atoms with E-state index in [1.165, 1.54) is 5.69 Å². The molecule has 25 heavy (non-hydrogen) atoms. The lowest BCUT2D eigenvalue weighted by atomic mass is 10.2. The molecule has 0 radical (unpaired) electrons. The highest BCUT2D eigenvalue weighted by molar-refractivity contribution is 5.82. The third kappa shape index (κ3) is 2.95. The fourth-order valence-corrected chi connectivity index (χ4v) is 3.29. The molecule has 1 aliphatic rings. The van der Waals surface area contributed by atoms with Gasteiger partial charge in [-0.05, 0) is 12.1 Å². The predicted molar refractivity (Wildman–Crippen MR) is 100 cm³/mol. The van der Waals surface area contributed by atoms with Crippen LogP contribution in [0.25, 0.3) is 11.0 Å². The number of benzene rings is 2. The van der Waals surface area contributed by atoms with Crippen molar-refractivity contribution in [2.75, 3.05) is 50.2 Å². The minimum Gasteiger partial charge on any atom is -0.493 e. The van der Waals surface area contributed by atoms with E-state index in [2.05, 4.69) is 45.1 Å². The summed E-state index contributed by atoms with van der Waals surface area (Å²) in [7, 11) is 3.28. The van der Waals surface area contributed by atoms with Crippen LogP contribution in [-0.2, 0) is 0 Å². The van der Waals surface area contributed by atoms with Gasteiger partial charge < -0.3 is 24.3 Å². The number of imidazole rings is 1. The number of methoxy groups -OCH3 is 2. The number of ether oxygens (including phenoxy) is 2. The van der Waals surface area contributed by atoms with Crippen LogP contribution < -0.4 is 19.3 Å². The highest BCUT2D eigenvalue weighted by atomic mass is 16.5. The molecular formula is C19H22N4O2. The molecule has 4 rings (SSSR count). The summed E-state index contributed by atoms with van der Waals surface area (Å²) in [5, 5.41) is 0. The minimum atomic E-state index is 0.696. The molecular weight excluding hydrogens is 316 g/mol. The maximum absolute atomic E-state index is 5.37. The van der Waals surface area contributed by atoms with Crippen LogP contribution in [0.1, 0.15) is 0 Å². The molecule has 3 aromatic rings. The standard InChI is InChI=1S/C19H22N4O2/c1-24-17-12-15-16(13-18(17)25-2)21-19(20-15)23-10-8-22(9-11-23)14-6-4-3-5-7-14/h3-7,12-13H,8-11H2,1-2H3,(H,20,21). The van der Waals surface area contributed by atoms with E-state index in [4.69, 9.17) is 14.5 Å². The number of rotatable bonds is 4. The van der Waals surface area contributed by atoms with Gasteiger partial charge in [0.2, 0.25) is 5.95 Å². The van der Waals surface area contributed by atoms with Crippen LogP contribution in [-0.4, -0.2) is 50.4 Å². The monoisotopic (exact) mass is 338 g/mol. The minimum absolute atomic E-state index is 0.696. The number of aromatic nitrogens is 2. The molecule has 0 spiro atoms. The molecule has 6 nitrogen and oxygen atoms in total. The number of nitrogens with one attached hydrogen (secondary N) is 1. The van der Waals surface area contributed by atoms with Crippen molar-refractivity contribution in [3.8, 4) is 11.5 Å². The summed E-state index contributed by atoms with van der Waals surface area (Å²) in [5.41, 5.74) is 3.12. The molecule has 0 atom stereocenters. The molecule has 0 bridgehead atoms. The Morgan fingerprint density at radius 1 is 0.880 bits per heavy atom. The Kier molecular flexibility index (Phi) is 4.09. The number of para-hydroxylation sites is 1. The maximum Gasteiger partial charge on any atom is 0.203 e. The maximum atomic E-state index is 5.37. The third-order valence-electron chi connectivity index (χ3n) is 4.68.